The van der Waals surface area contributed by atoms with Gasteiger partial charge in [-0.25, -0.2) is 0 Å². The Morgan fingerprint density at radius 2 is 1.92 bits per heavy atom. The molecule has 0 aromatic rings. The van der Waals surface area contributed by atoms with Gasteiger partial charge in [0.15, 0.2) is 0 Å². The molecule has 1 spiro atoms. The molecule has 1 heterocycles. The third kappa shape index (κ3) is 1.47. The van der Waals surface area contributed by atoms with E-state index in [1.165, 1.54) is 0 Å². The molecule has 4 nitrogen and oxygen atoms in total. The second-order valence-electron chi connectivity index (χ2n) is 9.54. The lowest BCUT2D eigenvalue weighted by Gasteiger charge is -2.71. The molecule has 5 saturated carbocycles. The van der Waals surface area contributed by atoms with Gasteiger partial charge in [0.2, 0.25) is 0 Å². The Bertz CT molecular complexity index is 632. The lowest BCUT2D eigenvalue weighted by molar-refractivity contribution is -0.247. The van der Waals surface area contributed by atoms with Crippen LogP contribution >= 0.6 is 0 Å². The summed E-state index contributed by atoms with van der Waals surface area (Å²) in [6.07, 6.45) is 7.07. The van der Waals surface area contributed by atoms with E-state index in [9.17, 15) is 15.3 Å². The molecule has 132 valence electrons. The van der Waals surface area contributed by atoms with Crippen molar-refractivity contribution in [3.63, 3.8) is 0 Å². The number of hydrogen-bond acceptors (Lipinski definition) is 4. The highest BCUT2D eigenvalue weighted by Crippen LogP contribution is 2.72. The summed E-state index contributed by atoms with van der Waals surface area (Å²) < 4.78 is 0. The molecule has 6 aliphatic rings. The number of fused-ring (bicyclic) bond motifs is 2. The van der Waals surface area contributed by atoms with Crippen LogP contribution in [0.1, 0.15) is 51.9 Å². The molecular weight excluding hydrogens is 302 g/mol. The van der Waals surface area contributed by atoms with Gasteiger partial charge >= 0.3 is 0 Å². The lowest BCUT2D eigenvalue weighted by Crippen LogP contribution is -2.72. The summed E-state index contributed by atoms with van der Waals surface area (Å²) >= 11 is 0. The third-order valence-corrected chi connectivity index (χ3v) is 9.02. The molecule has 1 aliphatic heterocycles. The second-order valence-corrected chi connectivity index (χ2v) is 9.54. The molecule has 6 rings (SSSR count). The summed E-state index contributed by atoms with van der Waals surface area (Å²) in [4.78, 5) is 4.55. The van der Waals surface area contributed by atoms with E-state index in [-0.39, 0.29) is 22.7 Å². The first kappa shape index (κ1) is 15.5. The van der Waals surface area contributed by atoms with Crippen LogP contribution in [0.25, 0.3) is 0 Å². The topological polar surface area (TPSA) is 73.1 Å². The summed E-state index contributed by atoms with van der Waals surface area (Å²) in [5, 5.41) is 32.9. The standard InChI is InChI=1S/C20H29NO3/c1-11-12-4-7-20(16(11)23)14(8-12)19-6-3-5-18(2,17(24)21-10-19)13(19)9-15(20)22/h10,12-17,22-24H,1,3-9H2,2H3/t12-,13+,14-,15+,16-,17+,18+,19-,20+/m0/s1. The lowest BCUT2D eigenvalue weighted by atomic mass is 9.34. The average molecular weight is 331 g/mol. The number of aliphatic imine (C=N–C) groups is 1. The molecule has 0 aromatic heterocycles. The Balaban J connectivity index is 1.70. The molecular formula is C20H29NO3. The Morgan fingerprint density at radius 1 is 1.12 bits per heavy atom. The normalized spacial score (nSPS) is 61.4. The van der Waals surface area contributed by atoms with Gasteiger partial charge in [0.05, 0.1) is 12.2 Å². The van der Waals surface area contributed by atoms with Crippen molar-refractivity contribution in [2.24, 2.45) is 39.0 Å². The fourth-order valence-electron chi connectivity index (χ4n) is 7.77. The fourth-order valence-corrected chi connectivity index (χ4v) is 7.77. The van der Waals surface area contributed by atoms with Gasteiger partial charge in [-0.2, -0.15) is 0 Å². The SMILES string of the molecule is C=C1[C@H]2CC[C@@]3([C@H](O)C[C@@H]4[C@@]5(C)CCC[C@@]4(C=N[C@@H]5O)[C@@H]3C2)[C@H]1O. The van der Waals surface area contributed by atoms with E-state index in [0.717, 1.165) is 44.1 Å². The van der Waals surface area contributed by atoms with Gasteiger partial charge in [-0.3, -0.25) is 4.99 Å². The predicted molar refractivity (Wildman–Crippen MR) is 91.4 cm³/mol. The van der Waals surface area contributed by atoms with Crippen LogP contribution in [-0.2, 0) is 0 Å². The van der Waals surface area contributed by atoms with Crippen LogP contribution in [-0.4, -0.2) is 40.0 Å². The minimum Gasteiger partial charge on any atom is -0.392 e. The zero-order valence-corrected chi connectivity index (χ0v) is 14.5. The number of nitrogens with zero attached hydrogens (tertiary/aromatic N) is 1. The van der Waals surface area contributed by atoms with E-state index in [1.54, 1.807) is 0 Å². The molecule has 0 aromatic carbocycles. The maximum atomic E-state index is 11.2. The summed E-state index contributed by atoms with van der Waals surface area (Å²) in [5.41, 5.74) is 0.187. The molecule has 3 N–H and O–H groups in total. The highest BCUT2D eigenvalue weighted by Gasteiger charge is 2.72. The van der Waals surface area contributed by atoms with Gasteiger partial charge in [0.1, 0.15) is 6.23 Å². The van der Waals surface area contributed by atoms with E-state index < -0.39 is 23.9 Å². The van der Waals surface area contributed by atoms with Crippen molar-refractivity contribution >= 4 is 6.21 Å². The molecule has 0 radical (unpaired) electrons. The summed E-state index contributed by atoms with van der Waals surface area (Å²) in [6.45, 7) is 6.33. The van der Waals surface area contributed by atoms with Crippen LogP contribution in [0.4, 0.5) is 0 Å². The van der Waals surface area contributed by atoms with Crippen LogP contribution in [0.3, 0.4) is 0 Å². The first-order valence-electron chi connectivity index (χ1n) is 9.63. The quantitative estimate of drug-likeness (QED) is 0.596. The maximum absolute atomic E-state index is 11.2. The Hall–Kier alpha value is -0.710. The fraction of sp³-hybridized carbons (Fsp3) is 0.850. The van der Waals surface area contributed by atoms with E-state index >= 15 is 0 Å². The molecule has 5 aliphatic carbocycles. The summed E-state index contributed by atoms with van der Waals surface area (Å²) in [6, 6.07) is 0. The minimum atomic E-state index is -0.655. The first-order chi connectivity index (χ1) is 11.4. The van der Waals surface area contributed by atoms with E-state index in [1.807, 2.05) is 0 Å². The number of aliphatic hydroxyl groups is 3. The largest absolute Gasteiger partial charge is 0.392 e. The molecule has 0 unspecified atom stereocenters. The van der Waals surface area contributed by atoms with Crippen molar-refractivity contribution in [1.82, 2.24) is 0 Å². The van der Waals surface area contributed by atoms with Crippen molar-refractivity contribution < 1.29 is 15.3 Å². The van der Waals surface area contributed by atoms with E-state index in [0.29, 0.717) is 12.3 Å². The smallest absolute Gasteiger partial charge is 0.150 e. The summed E-state index contributed by atoms with van der Waals surface area (Å²) in [5.74, 6) is 0.895. The number of hydrogen-bond donors (Lipinski definition) is 3. The molecule has 9 atom stereocenters. The van der Waals surface area contributed by atoms with Crippen LogP contribution in [0.5, 0.6) is 0 Å². The molecule has 0 amide bonds. The van der Waals surface area contributed by atoms with Crippen LogP contribution < -0.4 is 0 Å². The predicted octanol–water partition coefficient (Wildman–Crippen LogP) is 2.28. The molecule has 24 heavy (non-hydrogen) atoms. The highest BCUT2D eigenvalue weighted by molar-refractivity contribution is 5.70. The highest BCUT2D eigenvalue weighted by atomic mass is 16.3. The molecule has 4 heteroatoms. The molecule has 5 fully saturated rings. The molecule has 4 bridgehead atoms. The minimum absolute atomic E-state index is 0.0637. The Morgan fingerprint density at radius 3 is 2.71 bits per heavy atom. The van der Waals surface area contributed by atoms with E-state index in [2.05, 4.69) is 24.7 Å². The van der Waals surface area contributed by atoms with Crippen LogP contribution in [0, 0.1) is 34.0 Å². The third-order valence-electron chi connectivity index (χ3n) is 9.02. The van der Waals surface area contributed by atoms with Crippen LogP contribution in [0.2, 0.25) is 0 Å². The zero-order chi connectivity index (χ0) is 16.9. The Labute approximate surface area is 143 Å². The van der Waals surface area contributed by atoms with Gasteiger partial charge in [-0.15, -0.1) is 0 Å². The van der Waals surface area contributed by atoms with Crippen molar-refractivity contribution in [3.8, 4) is 0 Å². The zero-order valence-electron chi connectivity index (χ0n) is 14.5. The van der Waals surface area contributed by atoms with Crippen LogP contribution in [0.15, 0.2) is 17.1 Å². The first-order valence-corrected chi connectivity index (χ1v) is 9.63. The van der Waals surface area contributed by atoms with Crippen molar-refractivity contribution in [2.45, 2.75) is 70.3 Å². The van der Waals surface area contributed by atoms with Gasteiger partial charge in [-0.1, -0.05) is 19.9 Å². The number of rotatable bonds is 0. The van der Waals surface area contributed by atoms with Crippen molar-refractivity contribution in [1.29, 1.82) is 0 Å². The maximum Gasteiger partial charge on any atom is 0.150 e. The van der Waals surface area contributed by atoms with Crippen molar-refractivity contribution in [2.75, 3.05) is 0 Å². The second kappa shape index (κ2) is 4.52. The number of aliphatic hydroxyl groups excluding tert-OH is 3. The Kier molecular flexibility index (Phi) is 2.92. The van der Waals surface area contributed by atoms with Gasteiger partial charge in [0.25, 0.3) is 0 Å². The monoisotopic (exact) mass is 331 g/mol. The van der Waals surface area contributed by atoms with E-state index in [4.69, 9.17) is 0 Å². The van der Waals surface area contributed by atoms with Gasteiger partial charge < -0.3 is 15.3 Å². The summed E-state index contributed by atoms with van der Waals surface area (Å²) in [7, 11) is 0. The van der Waals surface area contributed by atoms with Gasteiger partial charge in [-0.05, 0) is 61.9 Å². The average Bonchev–Trinajstić information content (AvgIpc) is 2.57. The van der Waals surface area contributed by atoms with Gasteiger partial charge in [0, 0.05) is 22.5 Å². The molecule has 0 saturated heterocycles. The van der Waals surface area contributed by atoms with Crippen molar-refractivity contribution in [3.05, 3.63) is 12.2 Å².